The third kappa shape index (κ3) is 5.90. The molecule has 0 saturated heterocycles. The Balaban J connectivity index is 4.69. The Bertz CT molecular complexity index is 432. The normalized spacial score (nSPS) is 16.1. The number of carbonyl (C=O) groups excluding carboxylic acids is 2. The summed E-state index contributed by atoms with van der Waals surface area (Å²) in [5.41, 5.74) is 0. The molecule has 118 valence electrons. The highest BCUT2D eigenvalue weighted by Crippen LogP contribution is 2.10. The number of esters is 1. The number of ether oxygens (including phenoxy) is 1. The Labute approximate surface area is 121 Å². The number of carbonyl (C=O) groups is 2. The van der Waals surface area contributed by atoms with Crippen molar-refractivity contribution in [3.63, 3.8) is 0 Å². The molecule has 0 fully saturated rings. The van der Waals surface area contributed by atoms with Gasteiger partial charge in [-0.05, 0) is 20.3 Å². The molecule has 0 rings (SSSR count). The quantitative estimate of drug-likeness (QED) is 0.673. The molecule has 0 aromatic carbocycles. The predicted octanol–water partition coefficient (Wildman–Crippen LogP) is 0.904. The van der Waals surface area contributed by atoms with Crippen LogP contribution in [0.25, 0.3) is 0 Å². The van der Waals surface area contributed by atoms with Gasteiger partial charge in [0.05, 0.1) is 18.8 Å². The lowest BCUT2D eigenvalue weighted by Gasteiger charge is -2.18. The van der Waals surface area contributed by atoms with Gasteiger partial charge in [-0.2, -0.15) is 0 Å². The maximum absolute atomic E-state index is 12.1. The molecule has 0 aliphatic rings. The molecule has 0 aliphatic carbocycles. The zero-order chi connectivity index (χ0) is 15.9. The summed E-state index contributed by atoms with van der Waals surface area (Å²) in [6.07, 6.45) is 1.69. The fourth-order valence-corrected chi connectivity index (χ4v) is 3.31. The van der Waals surface area contributed by atoms with Gasteiger partial charge in [0.25, 0.3) is 0 Å². The molecule has 3 unspecified atom stereocenters. The summed E-state index contributed by atoms with van der Waals surface area (Å²) in [6.45, 7) is 6.62. The van der Waals surface area contributed by atoms with Crippen molar-refractivity contribution < 1.29 is 22.7 Å². The Morgan fingerprint density at radius 3 is 2.20 bits per heavy atom. The third-order valence-electron chi connectivity index (χ3n) is 3.10. The van der Waals surface area contributed by atoms with E-state index in [1.165, 1.54) is 21.0 Å². The molecule has 0 spiro atoms. The van der Waals surface area contributed by atoms with Crippen molar-refractivity contribution in [1.82, 2.24) is 5.32 Å². The number of amides is 1. The molecule has 1 N–H and O–H groups in total. The minimum Gasteiger partial charge on any atom is -0.469 e. The molecule has 0 aromatic rings. The van der Waals surface area contributed by atoms with Gasteiger partial charge in [-0.25, -0.2) is 8.42 Å². The van der Waals surface area contributed by atoms with E-state index in [-0.39, 0.29) is 6.04 Å². The number of sulfone groups is 1. The zero-order valence-corrected chi connectivity index (χ0v) is 13.6. The SMILES string of the molecule is CCCC(C)NC(=O)C(C)S(=O)(=O)CC(C)C(=O)OC. The van der Waals surface area contributed by atoms with Gasteiger partial charge in [-0.15, -0.1) is 0 Å². The van der Waals surface area contributed by atoms with Gasteiger partial charge in [-0.1, -0.05) is 20.3 Å². The first-order valence-corrected chi connectivity index (χ1v) is 8.47. The van der Waals surface area contributed by atoms with Gasteiger partial charge >= 0.3 is 5.97 Å². The highest BCUT2D eigenvalue weighted by Gasteiger charge is 2.32. The minimum absolute atomic E-state index is 0.0665. The first-order valence-electron chi connectivity index (χ1n) is 6.75. The topological polar surface area (TPSA) is 89.5 Å². The van der Waals surface area contributed by atoms with E-state index in [1.54, 1.807) is 0 Å². The summed E-state index contributed by atoms with van der Waals surface area (Å²) in [4.78, 5) is 23.1. The Morgan fingerprint density at radius 2 is 1.75 bits per heavy atom. The van der Waals surface area contributed by atoms with Crippen LogP contribution in [0.1, 0.15) is 40.5 Å². The van der Waals surface area contributed by atoms with Gasteiger partial charge in [0, 0.05) is 6.04 Å². The van der Waals surface area contributed by atoms with Gasteiger partial charge in [0.1, 0.15) is 5.25 Å². The van der Waals surface area contributed by atoms with E-state index >= 15 is 0 Å². The average molecular weight is 307 g/mol. The molecule has 6 nitrogen and oxygen atoms in total. The van der Waals surface area contributed by atoms with Gasteiger partial charge in [0.15, 0.2) is 9.84 Å². The maximum atomic E-state index is 12.1. The van der Waals surface area contributed by atoms with Gasteiger partial charge in [0.2, 0.25) is 5.91 Å². The maximum Gasteiger partial charge on any atom is 0.309 e. The van der Waals surface area contributed by atoms with Crippen LogP contribution in [0.5, 0.6) is 0 Å². The largest absolute Gasteiger partial charge is 0.469 e. The summed E-state index contributed by atoms with van der Waals surface area (Å²) in [5.74, 6) is -2.30. The van der Waals surface area contributed by atoms with Crippen molar-refractivity contribution in [3.8, 4) is 0 Å². The van der Waals surface area contributed by atoms with Crippen molar-refractivity contribution in [2.75, 3.05) is 12.9 Å². The fraction of sp³-hybridized carbons (Fsp3) is 0.846. The lowest BCUT2D eigenvalue weighted by atomic mass is 10.2. The summed E-state index contributed by atoms with van der Waals surface area (Å²) in [7, 11) is -2.48. The van der Waals surface area contributed by atoms with Crippen molar-refractivity contribution in [1.29, 1.82) is 0 Å². The highest BCUT2D eigenvalue weighted by atomic mass is 32.2. The molecule has 20 heavy (non-hydrogen) atoms. The number of hydrogen-bond acceptors (Lipinski definition) is 5. The molecule has 0 saturated carbocycles. The van der Waals surface area contributed by atoms with Crippen molar-refractivity contribution in [2.24, 2.45) is 5.92 Å². The first-order chi connectivity index (χ1) is 9.15. The monoisotopic (exact) mass is 307 g/mol. The summed E-state index contributed by atoms with van der Waals surface area (Å²) >= 11 is 0. The van der Waals surface area contributed by atoms with Crippen LogP contribution in [0.2, 0.25) is 0 Å². The zero-order valence-electron chi connectivity index (χ0n) is 12.8. The van der Waals surface area contributed by atoms with E-state index in [1.807, 2.05) is 13.8 Å². The predicted molar refractivity (Wildman–Crippen MR) is 76.9 cm³/mol. The van der Waals surface area contributed by atoms with E-state index in [2.05, 4.69) is 10.1 Å². The second-order valence-electron chi connectivity index (χ2n) is 5.09. The molecular weight excluding hydrogens is 282 g/mol. The molecule has 3 atom stereocenters. The lowest BCUT2D eigenvalue weighted by Crippen LogP contribution is -2.44. The number of hydrogen-bond donors (Lipinski definition) is 1. The van der Waals surface area contributed by atoms with E-state index in [9.17, 15) is 18.0 Å². The van der Waals surface area contributed by atoms with Crippen molar-refractivity contribution in [2.45, 2.75) is 51.8 Å². The molecule has 0 bridgehead atoms. The van der Waals surface area contributed by atoms with Crippen LogP contribution < -0.4 is 5.32 Å². The molecular formula is C13H25NO5S. The van der Waals surface area contributed by atoms with Crippen LogP contribution in [0, 0.1) is 5.92 Å². The molecule has 0 aromatic heterocycles. The second-order valence-corrected chi connectivity index (χ2v) is 7.46. The fourth-order valence-electron chi connectivity index (χ4n) is 1.79. The highest BCUT2D eigenvalue weighted by molar-refractivity contribution is 7.92. The average Bonchev–Trinajstić information content (AvgIpc) is 2.36. The van der Waals surface area contributed by atoms with E-state index in [0.717, 1.165) is 12.8 Å². The van der Waals surface area contributed by atoms with E-state index < -0.39 is 38.6 Å². The van der Waals surface area contributed by atoms with E-state index in [4.69, 9.17) is 0 Å². The minimum atomic E-state index is -3.69. The number of nitrogens with one attached hydrogen (secondary N) is 1. The molecule has 7 heteroatoms. The second kappa shape index (κ2) is 8.24. The van der Waals surface area contributed by atoms with Crippen LogP contribution in [0.3, 0.4) is 0 Å². The van der Waals surface area contributed by atoms with Gasteiger partial charge < -0.3 is 10.1 Å². The Morgan fingerprint density at radius 1 is 1.20 bits per heavy atom. The lowest BCUT2D eigenvalue weighted by molar-refractivity contribution is -0.144. The Hall–Kier alpha value is -1.11. The Kier molecular flexibility index (Phi) is 7.78. The van der Waals surface area contributed by atoms with Crippen LogP contribution >= 0.6 is 0 Å². The smallest absolute Gasteiger partial charge is 0.309 e. The number of methoxy groups -OCH3 is 1. The van der Waals surface area contributed by atoms with E-state index in [0.29, 0.717) is 0 Å². The third-order valence-corrected chi connectivity index (χ3v) is 5.36. The standard InChI is InChI=1S/C13H25NO5S/c1-6-7-10(3)14-12(15)11(4)20(17,18)8-9(2)13(16)19-5/h9-11H,6-8H2,1-5H3,(H,14,15). The molecule has 0 heterocycles. The van der Waals surface area contributed by atoms with Crippen molar-refractivity contribution >= 4 is 21.7 Å². The van der Waals surface area contributed by atoms with Crippen LogP contribution in [0.4, 0.5) is 0 Å². The van der Waals surface area contributed by atoms with Crippen LogP contribution in [-0.4, -0.2) is 44.4 Å². The van der Waals surface area contributed by atoms with Crippen molar-refractivity contribution in [3.05, 3.63) is 0 Å². The molecule has 0 aliphatic heterocycles. The molecule has 1 amide bonds. The summed E-state index contributed by atoms with van der Waals surface area (Å²) in [5, 5.41) is 1.50. The van der Waals surface area contributed by atoms with Crippen LogP contribution in [-0.2, 0) is 24.2 Å². The molecule has 0 radical (unpaired) electrons. The first kappa shape index (κ1) is 18.9. The van der Waals surface area contributed by atoms with Gasteiger partial charge in [-0.3, -0.25) is 9.59 Å². The van der Waals surface area contributed by atoms with Crippen LogP contribution in [0.15, 0.2) is 0 Å². The number of rotatable bonds is 8. The summed E-state index contributed by atoms with van der Waals surface area (Å²) < 4.78 is 28.6. The summed E-state index contributed by atoms with van der Waals surface area (Å²) in [6, 6.07) is -0.0665.